The molecule has 1 aromatic heterocycles. The predicted octanol–water partition coefficient (Wildman–Crippen LogP) is -0.143. The number of nitrogens with zero attached hydrogens (tertiary/aromatic N) is 2. The molecule has 2 N–H and O–H groups in total. The van der Waals surface area contributed by atoms with Gasteiger partial charge in [0.15, 0.2) is 0 Å². The van der Waals surface area contributed by atoms with E-state index in [0.717, 1.165) is 25.2 Å². The summed E-state index contributed by atoms with van der Waals surface area (Å²) in [4.78, 5) is 4.36. The van der Waals surface area contributed by atoms with Gasteiger partial charge >= 0.3 is 0 Å². The van der Waals surface area contributed by atoms with Gasteiger partial charge in [0.25, 0.3) is 0 Å². The molecule has 1 aromatic rings. The highest BCUT2D eigenvalue weighted by Gasteiger charge is 2.25. The maximum absolute atomic E-state index is 11.3. The van der Waals surface area contributed by atoms with E-state index in [1.54, 1.807) is 6.33 Å². The first-order valence-corrected chi connectivity index (χ1v) is 7.88. The van der Waals surface area contributed by atoms with Gasteiger partial charge < -0.3 is 9.88 Å². The number of hydrogen-bond donors (Lipinski definition) is 2. The molecule has 18 heavy (non-hydrogen) atoms. The second-order valence-corrected chi connectivity index (χ2v) is 7.20. The highest BCUT2D eigenvalue weighted by Crippen LogP contribution is 2.16. The lowest BCUT2D eigenvalue weighted by Gasteiger charge is -2.27. The van der Waals surface area contributed by atoms with Gasteiger partial charge in [-0.05, 0) is 13.8 Å². The summed E-state index contributed by atoms with van der Waals surface area (Å²) in [5.41, 5.74) is 1.75. The normalized spacial score (nSPS) is 16.6. The molecule has 0 saturated carbocycles. The third kappa shape index (κ3) is 3.30. The number of hydrogen-bond acceptors (Lipinski definition) is 4. The fourth-order valence-electron chi connectivity index (χ4n) is 2.39. The van der Waals surface area contributed by atoms with Crippen molar-refractivity contribution in [2.24, 2.45) is 0 Å². The molecule has 0 radical (unpaired) electrons. The molecule has 6 nitrogen and oxygen atoms in total. The molecule has 0 atom stereocenters. The zero-order chi connectivity index (χ0) is 13.4. The number of imidazole rings is 1. The van der Waals surface area contributed by atoms with Crippen LogP contribution in [0.25, 0.3) is 0 Å². The van der Waals surface area contributed by atoms with Gasteiger partial charge in [-0.2, -0.15) is 0 Å². The lowest BCUT2D eigenvalue weighted by Crippen LogP contribution is -2.46. The van der Waals surface area contributed by atoms with E-state index in [-0.39, 0.29) is 0 Å². The van der Waals surface area contributed by atoms with Gasteiger partial charge in [-0.1, -0.05) is 0 Å². The second kappa shape index (κ2) is 4.64. The Labute approximate surface area is 108 Å². The Balaban J connectivity index is 2.16. The molecule has 0 bridgehead atoms. The van der Waals surface area contributed by atoms with Gasteiger partial charge in [0, 0.05) is 37.3 Å². The number of fused-ring (bicyclic) bond motifs is 1. The van der Waals surface area contributed by atoms with Crippen molar-refractivity contribution in [1.82, 2.24) is 19.6 Å². The summed E-state index contributed by atoms with van der Waals surface area (Å²) in [7, 11) is -3.20. The van der Waals surface area contributed by atoms with E-state index in [4.69, 9.17) is 0 Å². The first kappa shape index (κ1) is 13.5. The number of aromatic nitrogens is 2. The average Bonchev–Trinajstić information content (AvgIpc) is 2.57. The van der Waals surface area contributed by atoms with Crippen LogP contribution in [0.3, 0.4) is 0 Å². The van der Waals surface area contributed by atoms with Crippen LogP contribution < -0.4 is 10.0 Å². The van der Waals surface area contributed by atoms with Crippen LogP contribution in [0.5, 0.6) is 0 Å². The van der Waals surface area contributed by atoms with Gasteiger partial charge in [0.05, 0.1) is 18.3 Å². The van der Waals surface area contributed by atoms with Gasteiger partial charge in [0.1, 0.15) is 0 Å². The van der Waals surface area contributed by atoms with E-state index in [1.807, 2.05) is 18.4 Å². The molecule has 0 amide bonds. The Morgan fingerprint density at radius 3 is 2.94 bits per heavy atom. The van der Waals surface area contributed by atoms with E-state index >= 15 is 0 Å². The van der Waals surface area contributed by atoms with E-state index in [9.17, 15) is 8.42 Å². The Kier molecular flexibility index (Phi) is 3.48. The summed E-state index contributed by atoms with van der Waals surface area (Å²) in [5, 5.41) is 3.27. The summed E-state index contributed by atoms with van der Waals surface area (Å²) in [5.74, 6) is 0. The monoisotopic (exact) mass is 272 g/mol. The van der Waals surface area contributed by atoms with Crippen LogP contribution in [0.1, 0.15) is 25.2 Å². The molecule has 0 unspecified atom stereocenters. The van der Waals surface area contributed by atoms with Crippen LogP contribution in [-0.2, 0) is 29.5 Å². The summed E-state index contributed by atoms with van der Waals surface area (Å²) in [6.45, 7) is 6.08. The summed E-state index contributed by atoms with van der Waals surface area (Å²) >= 11 is 0. The first-order valence-electron chi connectivity index (χ1n) is 5.99. The Morgan fingerprint density at radius 1 is 1.56 bits per heavy atom. The molecule has 0 aromatic carbocycles. The van der Waals surface area contributed by atoms with Crippen LogP contribution in [0.2, 0.25) is 0 Å². The van der Waals surface area contributed by atoms with Crippen molar-refractivity contribution >= 4 is 10.0 Å². The molecule has 102 valence electrons. The lowest BCUT2D eigenvalue weighted by atomic mass is 10.1. The molecule has 2 heterocycles. The Hall–Kier alpha value is -0.920. The molecule has 0 aliphatic carbocycles. The molecule has 1 aliphatic rings. The molecule has 2 rings (SSSR count). The van der Waals surface area contributed by atoms with Crippen molar-refractivity contribution < 1.29 is 8.42 Å². The Morgan fingerprint density at radius 2 is 2.28 bits per heavy atom. The van der Waals surface area contributed by atoms with E-state index in [0.29, 0.717) is 6.54 Å². The van der Waals surface area contributed by atoms with Crippen LogP contribution in [0.4, 0.5) is 0 Å². The van der Waals surface area contributed by atoms with Crippen molar-refractivity contribution in [2.45, 2.75) is 38.9 Å². The molecule has 0 fully saturated rings. The highest BCUT2D eigenvalue weighted by atomic mass is 32.2. The minimum Gasteiger partial charge on any atom is -0.332 e. The quantitative estimate of drug-likeness (QED) is 0.800. The summed E-state index contributed by atoms with van der Waals surface area (Å²) < 4.78 is 27.3. The molecular weight excluding hydrogens is 252 g/mol. The third-order valence-corrected chi connectivity index (χ3v) is 3.81. The van der Waals surface area contributed by atoms with Crippen molar-refractivity contribution in [3.63, 3.8) is 0 Å². The molecule has 0 saturated heterocycles. The average molecular weight is 272 g/mol. The zero-order valence-corrected chi connectivity index (χ0v) is 11.8. The van der Waals surface area contributed by atoms with Crippen LogP contribution in [-0.4, -0.2) is 36.3 Å². The maximum atomic E-state index is 11.3. The maximum Gasteiger partial charge on any atom is 0.209 e. The van der Waals surface area contributed by atoms with Crippen LogP contribution in [0, 0.1) is 0 Å². The Bertz CT molecular complexity index is 533. The molecule has 0 spiro atoms. The van der Waals surface area contributed by atoms with Crippen LogP contribution >= 0.6 is 0 Å². The zero-order valence-electron chi connectivity index (χ0n) is 11.0. The minimum atomic E-state index is -3.20. The topological polar surface area (TPSA) is 76.0 Å². The van der Waals surface area contributed by atoms with Gasteiger partial charge in [-0.25, -0.2) is 18.1 Å². The molecule has 1 aliphatic heterocycles. The largest absolute Gasteiger partial charge is 0.332 e. The third-order valence-electron chi connectivity index (χ3n) is 2.89. The first-order chi connectivity index (χ1) is 8.27. The standard InChI is InChI=1S/C11H20N4O2S/c1-11(2,14-18(3,16)17)7-15-8-13-9-6-12-5-4-10(9)15/h8,12,14H,4-7H2,1-3H3. The number of nitrogens with one attached hydrogen (secondary N) is 2. The van der Waals surface area contributed by atoms with Crippen LogP contribution in [0.15, 0.2) is 6.33 Å². The minimum absolute atomic E-state index is 0.521. The number of sulfonamides is 1. The molecular formula is C11H20N4O2S. The summed E-state index contributed by atoms with van der Waals surface area (Å²) in [6, 6.07) is 0. The van der Waals surface area contributed by atoms with Gasteiger partial charge in [-0.3, -0.25) is 0 Å². The van der Waals surface area contributed by atoms with Crippen molar-refractivity contribution in [2.75, 3.05) is 12.8 Å². The van der Waals surface area contributed by atoms with E-state index in [2.05, 4.69) is 15.0 Å². The fourth-order valence-corrected chi connectivity index (χ4v) is 3.46. The second-order valence-electron chi connectivity index (χ2n) is 5.45. The summed E-state index contributed by atoms with van der Waals surface area (Å²) in [6.07, 6.45) is 3.91. The van der Waals surface area contributed by atoms with Crippen molar-refractivity contribution in [1.29, 1.82) is 0 Å². The van der Waals surface area contributed by atoms with E-state index < -0.39 is 15.6 Å². The fraction of sp³-hybridized carbons (Fsp3) is 0.727. The highest BCUT2D eigenvalue weighted by molar-refractivity contribution is 7.88. The SMILES string of the molecule is CC(C)(Cn1cnc2c1CCNC2)NS(C)(=O)=O. The van der Waals surface area contributed by atoms with Gasteiger partial charge in [0.2, 0.25) is 10.0 Å². The smallest absolute Gasteiger partial charge is 0.209 e. The predicted molar refractivity (Wildman–Crippen MR) is 69.7 cm³/mol. The molecule has 7 heteroatoms. The van der Waals surface area contributed by atoms with Crippen molar-refractivity contribution in [3.8, 4) is 0 Å². The lowest BCUT2D eigenvalue weighted by molar-refractivity contribution is 0.383. The van der Waals surface area contributed by atoms with Gasteiger partial charge in [-0.15, -0.1) is 0 Å². The number of rotatable bonds is 4. The van der Waals surface area contributed by atoms with E-state index in [1.165, 1.54) is 11.9 Å². The van der Waals surface area contributed by atoms with Crippen molar-refractivity contribution in [3.05, 3.63) is 17.7 Å².